The van der Waals surface area contributed by atoms with Crippen molar-refractivity contribution in [1.29, 1.82) is 0 Å². The largest absolute Gasteiger partial charge is 0.341 e. The Bertz CT molecular complexity index is 1100. The predicted octanol–water partition coefficient (Wildman–Crippen LogP) is 3.99. The molecule has 7 heteroatoms. The Hall–Kier alpha value is -3.06. The molecule has 0 saturated carbocycles. The summed E-state index contributed by atoms with van der Waals surface area (Å²) in [5, 5.41) is 2.07. The average Bonchev–Trinajstić information content (AvgIpc) is 3.27. The summed E-state index contributed by atoms with van der Waals surface area (Å²) in [4.78, 5) is 39.9. The van der Waals surface area contributed by atoms with Gasteiger partial charge < -0.3 is 9.80 Å². The van der Waals surface area contributed by atoms with Crippen LogP contribution in [0.5, 0.6) is 0 Å². The van der Waals surface area contributed by atoms with Gasteiger partial charge in [-0.05, 0) is 49.8 Å². The van der Waals surface area contributed by atoms with E-state index in [9.17, 15) is 9.59 Å². The molecule has 1 aliphatic rings. The third-order valence-electron chi connectivity index (χ3n) is 5.98. The molecule has 6 nitrogen and oxygen atoms in total. The number of hydrogen-bond donors (Lipinski definition) is 0. The third-order valence-corrected chi connectivity index (χ3v) is 6.90. The molecule has 1 saturated heterocycles. The summed E-state index contributed by atoms with van der Waals surface area (Å²) in [6.45, 7) is 7.72. The first-order valence-corrected chi connectivity index (χ1v) is 11.9. The number of aromatic nitrogens is 2. The van der Waals surface area contributed by atoms with Gasteiger partial charge in [-0.1, -0.05) is 30.3 Å². The third kappa shape index (κ3) is 4.72. The predicted molar refractivity (Wildman–Crippen MR) is 127 cm³/mol. The van der Waals surface area contributed by atoms with Crippen molar-refractivity contribution in [3.05, 3.63) is 70.6 Å². The van der Waals surface area contributed by atoms with E-state index in [2.05, 4.69) is 45.7 Å². The van der Waals surface area contributed by atoms with E-state index >= 15 is 0 Å². The van der Waals surface area contributed by atoms with E-state index in [4.69, 9.17) is 0 Å². The first-order chi connectivity index (χ1) is 15.5. The Morgan fingerprint density at radius 2 is 1.94 bits per heavy atom. The topological polar surface area (TPSA) is 66.4 Å². The van der Waals surface area contributed by atoms with E-state index in [0.29, 0.717) is 49.7 Å². The standard InChI is InChI=1S/C25H28N4O2S/c1-4-28-11-12-29(25(31)22-15-26-18(3)27-17(22)2)16-21(24(28)30)14-19-7-9-20(10-8-19)23-6-5-13-32-23/h5-10,13,15,21H,4,11-12,14,16H2,1-3H3/t21-/m1/s1. The summed E-state index contributed by atoms with van der Waals surface area (Å²) in [5.41, 5.74) is 3.46. The highest BCUT2D eigenvalue weighted by Crippen LogP contribution is 2.26. The van der Waals surface area contributed by atoms with Crippen molar-refractivity contribution >= 4 is 23.2 Å². The van der Waals surface area contributed by atoms with Crippen LogP contribution in [0, 0.1) is 19.8 Å². The molecule has 1 fully saturated rings. The molecule has 3 aromatic rings. The van der Waals surface area contributed by atoms with Crippen LogP contribution in [0.3, 0.4) is 0 Å². The van der Waals surface area contributed by atoms with E-state index < -0.39 is 0 Å². The van der Waals surface area contributed by atoms with E-state index in [0.717, 1.165) is 5.56 Å². The van der Waals surface area contributed by atoms with E-state index in [1.165, 1.54) is 10.4 Å². The summed E-state index contributed by atoms with van der Waals surface area (Å²) in [6.07, 6.45) is 2.20. The molecule has 0 radical (unpaired) electrons. The zero-order valence-corrected chi connectivity index (χ0v) is 19.6. The number of carbonyl (C=O) groups excluding carboxylic acids is 2. The van der Waals surface area contributed by atoms with Crippen molar-refractivity contribution in [2.24, 2.45) is 5.92 Å². The van der Waals surface area contributed by atoms with Gasteiger partial charge in [0, 0.05) is 37.3 Å². The minimum absolute atomic E-state index is 0.105. The molecule has 32 heavy (non-hydrogen) atoms. The van der Waals surface area contributed by atoms with Gasteiger partial charge in [-0.2, -0.15) is 0 Å². The van der Waals surface area contributed by atoms with E-state index in [1.807, 2.05) is 31.7 Å². The fourth-order valence-corrected chi connectivity index (χ4v) is 4.92. The van der Waals surface area contributed by atoms with Crippen molar-refractivity contribution in [3.8, 4) is 10.4 Å². The number of amides is 2. The van der Waals surface area contributed by atoms with Crippen LogP contribution in [-0.4, -0.2) is 57.8 Å². The van der Waals surface area contributed by atoms with Crippen molar-refractivity contribution in [2.45, 2.75) is 27.2 Å². The highest BCUT2D eigenvalue weighted by molar-refractivity contribution is 7.13. The first kappa shape index (κ1) is 22.1. The number of carbonyl (C=O) groups is 2. The van der Waals surface area contributed by atoms with Gasteiger partial charge in [0.25, 0.3) is 5.91 Å². The van der Waals surface area contributed by atoms with Crippen LogP contribution in [0.2, 0.25) is 0 Å². The summed E-state index contributed by atoms with van der Waals surface area (Å²) in [6, 6.07) is 12.5. The minimum Gasteiger partial charge on any atom is -0.341 e. The Labute approximate surface area is 192 Å². The molecule has 4 rings (SSSR count). The average molecular weight is 449 g/mol. The Balaban J connectivity index is 1.55. The zero-order chi connectivity index (χ0) is 22.7. The van der Waals surface area contributed by atoms with Crippen molar-refractivity contribution in [2.75, 3.05) is 26.2 Å². The molecular formula is C25H28N4O2S. The number of hydrogen-bond acceptors (Lipinski definition) is 5. The summed E-state index contributed by atoms with van der Waals surface area (Å²) >= 11 is 1.71. The maximum Gasteiger partial charge on any atom is 0.257 e. The van der Waals surface area contributed by atoms with Gasteiger partial charge >= 0.3 is 0 Å². The molecule has 1 aliphatic heterocycles. The number of nitrogens with zero attached hydrogens (tertiary/aromatic N) is 4. The SMILES string of the molecule is CCN1CCN(C(=O)c2cnc(C)nc2C)C[C@@H](Cc2ccc(-c3cccs3)cc2)C1=O. The molecule has 2 aromatic heterocycles. The molecule has 3 heterocycles. The molecule has 0 aliphatic carbocycles. The van der Waals surface area contributed by atoms with Crippen LogP contribution in [0.25, 0.3) is 10.4 Å². The molecule has 2 amide bonds. The maximum absolute atomic E-state index is 13.3. The normalized spacial score (nSPS) is 16.8. The highest BCUT2D eigenvalue weighted by atomic mass is 32.1. The van der Waals surface area contributed by atoms with Crippen molar-refractivity contribution in [1.82, 2.24) is 19.8 Å². The molecule has 166 valence electrons. The van der Waals surface area contributed by atoms with Gasteiger partial charge in [0.2, 0.25) is 5.91 Å². The summed E-state index contributed by atoms with van der Waals surface area (Å²) in [5.74, 6) is 0.375. The first-order valence-electron chi connectivity index (χ1n) is 11.0. The molecule has 1 aromatic carbocycles. The van der Waals surface area contributed by atoms with Gasteiger partial charge in [0.1, 0.15) is 5.82 Å². The lowest BCUT2D eigenvalue weighted by molar-refractivity contribution is -0.134. The van der Waals surface area contributed by atoms with Crippen molar-refractivity contribution < 1.29 is 9.59 Å². The van der Waals surface area contributed by atoms with E-state index in [1.54, 1.807) is 22.4 Å². The van der Waals surface area contributed by atoms with Gasteiger partial charge in [0.05, 0.1) is 17.2 Å². The second-order valence-electron chi connectivity index (χ2n) is 8.16. The van der Waals surface area contributed by atoms with Crippen LogP contribution in [0.4, 0.5) is 0 Å². The van der Waals surface area contributed by atoms with Gasteiger partial charge in [-0.15, -0.1) is 11.3 Å². The number of aryl methyl sites for hydroxylation is 2. The second kappa shape index (κ2) is 9.61. The van der Waals surface area contributed by atoms with Crippen molar-refractivity contribution in [3.63, 3.8) is 0 Å². The molecule has 0 N–H and O–H groups in total. The van der Waals surface area contributed by atoms with Crippen LogP contribution < -0.4 is 0 Å². The smallest absolute Gasteiger partial charge is 0.257 e. The molecule has 0 unspecified atom stereocenters. The number of thiophene rings is 1. The molecule has 0 spiro atoms. The lowest BCUT2D eigenvalue weighted by Crippen LogP contribution is -2.38. The Kier molecular flexibility index (Phi) is 6.65. The van der Waals surface area contributed by atoms with Gasteiger partial charge in [-0.3, -0.25) is 9.59 Å². The second-order valence-corrected chi connectivity index (χ2v) is 9.11. The Morgan fingerprint density at radius 3 is 2.59 bits per heavy atom. The summed E-state index contributed by atoms with van der Waals surface area (Å²) in [7, 11) is 0. The fourth-order valence-electron chi connectivity index (χ4n) is 4.19. The zero-order valence-electron chi connectivity index (χ0n) is 18.7. The monoisotopic (exact) mass is 448 g/mol. The molecular weight excluding hydrogens is 420 g/mol. The van der Waals surface area contributed by atoms with Gasteiger partial charge in [-0.25, -0.2) is 9.97 Å². The fraction of sp³-hybridized carbons (Fsp3) is 0.360. The molecule has 0 bridgehead atoms. The van der Waals surface area contributed by atoms with E-state index in [-0.39, 0.29) is 17.7 Å². The lowest BCUT2D eigenvalue weighted by Gasteiger charge is -2.24. The number of rotatable bonds is 5. The van der Waals surface area contributed by atoms with Crippen LogP contribution in [0.15, 0.2) is 48.0 Å². The van der Waals surface area contributed by atoms with Crippen LogP contribution >= 0.6 is 11.3 Å². The molecule has 1 atom stereocenters. The maximum atomic E-state index is 13.3. The quantitative estimate of drug-likeness (QED) is 0.592. The van der Waals surface area contributed by atoms with Crippen LogP contribution in [-0.2, 0) is 11.2 Å². The van der Waals surface area contributed by atoms with Gasteiger partial charge in [0.15, 0.2) is 0 Å². The lowest BCUT2D eigenvalue weighted by atomic mass is 9.96. The highest BCUT2D eigenvalue weighted by Gasteiger charge is 2.32. The Morgan fingerprint density at radius 1 is 1.16 bits per heavy atom. The minimum atomic E-state index is -0.277. The number of likely N-dealkylation sites (N-methyl/N-ethyl adjacent to an activating group) is 1. The summed E-state index contributed by atoms with van der Waals surface area (Å²) < 4.78 is 0. The number of benzene rings is 1. The van der Waals surface area contributed by atoms with Crippen LogP contribution in [0.1, 0.15) is 34.4 Å².